The van der Waals surface area contributed by atoms with E-state index in [9.17, 15) is 18.0 Å². The summed E-state index contributed by atoms with van der Waals surface area (Å²) in [5.74, 6) is 4.81. The zero-order chi connectivity index (χ0) is 19.4. The first-order chi connectivity index (χ1) is 12.3. The molecule has 6 nitrogen and oxygen atoms in total. The first-order valence-corrected chi connectivity index (χ1v) is 8.13. The van der Waals surface area contributed by atoms with Crippen LogP contribution in [-0.4, -0.2) is 15.9 Å². The van der Waals surface area contributed by atoms with E-state index < -0.39 is 23.2 Å². The van der Waals surface area contributed by atoms with Crippen molar-refractivity contribution in [3.8, 4) is 0 Å². The predicted molar refractivity (Wildman–Crippen MR) is 91.0 cm³/mol. The van der Waals surface area contributed by atoms with Gasteiger partial charge in [0.05, 0.1) is 16.7 Å². The molecular formula is C17H20F3N5O. The third-order valence-electron chi connectivity index (χ3n) is 3.91. The molecule has 2 aromatic rings. The van der Waals surface area contributed by atoms with Crippen molar-refractivity contribution in [3.05, 3.63) is 53.3 Å². The number of carbonyl (C=O) groups excluding carboxylic acids is 1. The Labute approximate surface area is 149 Å². The van der Waals surface area contributed by atoms with Gasteiger partial charge in [0.25, 0.3) is 5.91 Å². The van der Waals surface area contributed by atoms with Crippen molar-refractivity contribution >= 4 is 11.9 Å². The summed E-state index contributed by atoms with van der Waals surface area (Å²) < 4.78 is 37.9. The lowest BCUT2D eigenvalue weighted by atomic mass is 10.0. The van der Waals surface area contributed by atoms with Crippen molar-refractivity contribution in [3.63, 3.8) is 0 Å². The molecule has 4 N–H and O–H groups in total. The Kier molecular flexibility index (Phi) is 5.81. The fourth-order valence-electron chi connectivity index (χ4n) is 2.40. The SMILES string of the molecule is CC.NNC(=O)c1cnc(NC2(c3ccc(C(F)(F)F)cc3)CC2)nc1. The number of nitrogens with two attached hydrogens (primary N) is 1. The number of hydrogen-bond donors (Lipinski definition) is 3. The van der Waals surface area contributed by atoms with E-state index in [1.54, 1.807) is 0 Å². The van der Waals surface area contributed by atoms with Gasteiger partial charge >= 0.3 is 6.18 Å². The minimum absolute atomic E-state index is 0.211. The minimum Gasteiger partial charge on any atom is -0.345 e. The molecule has 1 aromatic heterocycles. The second kappa shape index (κ2) is 7.69. The van der Waals surface area contributed by atoms with Crippen LogP contribution in [-0.2, 0) is 11.7 Å². The summed E-state index contributed by atoms with van der Waals surface area (Å²) in [6.45, 7) is 4.00. The Morgan fingerprint density at radius 3 is 2.08 bits per heavy atom. The van der Waals surface area contributed by atoms with E-state index in [4.69, 9.17) is 5.84 Å². The lowest BCUT2D eigenvalue weighted by Crippen LogP contribution is -2.30. The Balaban J connectivity index is 0.00000117. The van der Waals surface area contributed by atoms with Gasteiger partial charge < -0.3 is 5.32 Å². The molecule has 1 saturated carbocycles. The number of nitrogen functional groups attached to an aromatic ring is 1. The molecule has 1 aromatic carbocycles. The lowest BCUT2D eigenvalue weighted by Gasteiger charge is -2.18. The number of amides is 1. The van der Waals surface area contributed by atoms with Gasteiger partial charge in [0.15, 0.2) is 0 Å². The van der Waals surface area contributed by atoms with Crippen molar-refractivity contribution in [2.24, 2.45) is 5.84 Å². The standard InChI is InChI=1S/C15H14F3N5O.C2H6/c16-15(17,18)11-3-1-10(2-4-11)14(5-6-14)22-13-20-7-9(8-21-13)12(24)23-19;1-2/h1-4,7-8H,5-6,19H2,(H,23,24)(H,20,21,22);1-2H3. The van der Waals surface area contributed by atoms with Gasteiger partial charge in [-0.3, -0.25) is 10.2 Å². The number of nitrogens with one attached hydrogen (secondary N) is 2. The number of hydrogen-bond acceptors (Lipinski definition) is 5. The van der Waals surface area contributed by atoms with Crippen LogP contribution in [0.2, 0.25) is 0 Å². The quantitative estimate of drug-likeness (QED) is 0.438. The fraction of sp³-hybridized carbons (Fsp3) is 0.353. The zero-order valence-corrected chi connectivity index (χ0v) is 14.4. The van der Waals surface area contributed by atoms with E-state index in [1.165, 1.54) is 24.5 Å². The van der Waals surface area contributed by atoms with Gasteiger partial charge in [0.2, 0.25) is 5.95 Å². The predicted octanol–water partition coefficient (Wildman–Crippen LogP) is 3.23. The van der Waals surface area contributed by atoms with E-state index in [0.717, 1.165) is 30.5 Å². The first kappa shape index (κ1) is 19.6. The van der Waals surface area contributed by atoms with E-state index in [-0.39, 0.29) is 5.56 Å². The van der Waals surface area contributed by atoms with Crippen molar-refractivity contribution in [1.29, 1.82) is 0 Å². The largest absolute Gasteiger partial charge is 0.416 e. The average Bonchev–Trinajstić information content (AvgIpc) is 3.43. The molecule has 0 radical (unpaired) electrons. The van der Waals surface area contributed by atoms with E-state index >= 15 is 0 Å². The molecule has 0 spiro atoms. The molecule has 9 heteroatoms. The molecule has 0 aliphatic heterocycles. The molecule has 0 bridgehead atoms. The molecule has 1 heterocycles. The van der Waals surface area contributed by atoms with E-state index in [0.29, 0.717) is 5.95 Å². The fourth-order valence-corrected chi connectivity index (χ4v) is 2.40. The number of hydrazine groups is 1. The van der Waals surface area contributed by atoms with Crippen LogP contribution < -0.4 is 16.6 Å². The van der Waals surface area contributed by atoms with Crippen molar-refractivity contribution in [1.82, 2.24) is 15.4 Å². The highest BCUT2D eigenvalue weighted by molar-refractivity contribution is 5.93. The molecule has 1 amide bonds. The minimum atomic E-state index is -4.36. The zero-order valence-electron chi connectivity index (χ0n) is 14.4. The highest BCUT2D eigenvalue weighted by atomic mass is 19.4. The molecule has 1 aliphatic carbocycles. The topological polar surface area (TPSA) is 92.9 Å². The van der Waals surface area contributed by atoms with Gasteiger partial charge in [-0.2, -0.15) is 13.2 Å². The molecule has 0 atom stereocenters. The summed E-state index contributed by atoms with van der Waals surface area (Å²) in [4.78, 5) is 19.4. The summed E-state index contributed by atoms with van der Waals surface area (Å²) in [6, 6.07) is 5.04. The molecule has 26 heavy (non-hydrogen) atoms. The first-order valence-electron chi connectivity index (χ1n) is 8.13. The van der Waals surface area contributed by atoms with Crippen LogP contribution in [0.1, 0.15) is 48.2 Å². The number of carbonyl (C=O) groups is 1. The van der Waals surface area contributed by atoms with Crippen LogP contribution in [0.3, 0.4) is 0 Å². The molecule has 1 aliphatic rings. The number of nitrogens with zero attached hydrogens (tertiary/aromatic N) is 2. The Morgan fingerprint density at radius 1 is 1.12 bits per heavy atom. The number of aromatic nitrogens is 2. The van der Waals surface area contributed by atoms with Gasteiger partial charge in [-0.1, -0.05) is 26.0 Å². The third kappa shape index (κ3) is 4.29. The van der Waals surface area contributed by atoms with Crippen LogP contribution >= 0.6 is 0 Å². The lowest BCUT2D eigenvalue weighted by molar-refractivity contribution is -0.137. The smallest absolute Gasteiger partial charge is 0.345 e. The third-order valence-corrected chi connectivity index (χ3v) is 3.91. The summed E-state index contributed by atoms with van der Waals surface area (Å²) in [5, 5.41) is 3.12. The summed E-state index contributed by atoms with van der Waals surface area (Å²) >= 11 is 0. The maximum absolute atomic E-state index is 12.6. The summed E-state index contributed by atoms with van der Waals surface area (Å²) in [5.41, 5.74) is 1.77. The maximum Gasteiger partial charge on any atom is 0.416 e. The van der Waals surface area contributed by atoms with Gasteiger partial charge in [-0.05, 0) is 30.5 Å². The number of alkyl halides is 3. The number of anilines is 1. The van der Waals surface area contributed by atoms with Crippen LogP contribution in [0.4, 0.5) is 19.1 Å². The summed E-state index contributed by atoms with van der Waals surface area (Å²) in [6.07, 6.45) is -0.203. The molecule has 3 rings (SSSR count). The van der Waals surface area contributed by atoms with Crippen LogP contribution in [0.15, 0.2) is 36.7 Å². The van der Waals surface area contributed by atoms with Gasteiger partial charge in [-0.25, -0.2) is 15.8 Å². The summed E-state index contributed by atoms with van der Waals surface area (Å²) in [7, 11) is 0. The normalized spacial score (nSPS) is 14.7. The molecular weight excluding hydrogens is 347 g/mol. The Morgan fingerprint density at radius 2 is 1.65 bits per heavy atom. The average molecular weight is 367 g/mol. The monoisotopic (exact) mass is 367 g/mol. The van der Waals surface area contributed by atoms with E-state index in [1.807, 2.05) is 19.3 Å². The second-order valence-electron chi connectivity index (χ2n) is 5.55. The van der Waals surface area contributed by atoms with Crippen LogP contribution in [0.25, 0.3) is 0 Å². The van der Waals surface area contributed by atoms with Gasteiger partial charge in [-0.15, -0.1) is 0 Å². The second-order valence-corrected chi connectivity index (χ2v) is 5.55. The van der Waals surface area contributed by atoms with E-state index in [2.05, 4.69) is 15.3 Å². The molecule has 140 valence electrons. The van der Waals surface area contributed by atoms with Gasteiger partial charge in [0.1, 0.15) is 0 Å². The number of halogens is 3. The molecule has 1 fully saturated rings. The van der Waals surface area contributed by atoms with Crippen molar-refractivity contribution in [2.45, 2.75) is 38.4 Å². The van der Waals surface area contributed by atoms with Crippen molar-refractivity contribution < 1.29 is 18.0 Å². The van der Waals surface area contributed by atoms with Crippen molar-refractivity contribution in [2.75, 3.05) is 5.32 Å². The highest BCUT2D eigenvalue weighted by Crippen LogP contribution is 2.48. The Hall–Kier alpha value is -2.68. The highest BCUT2D eigenvalue weighted by Gasteiger charge is 2.45. The van der Waals surface area contributed by atoms with Crippen LogP contribution in [0, 0.1) is 0 Å². The molecule has 0 saturated heterocycles. The van der Waals surface area contributed by atoms with Gasteiger partial charge in [0, 0.05) is 12.4 Å². The Bertz CT molecular complexity index is 740. The number of benzene rings is 1. The number of rotatable bonds is 4. The molecule has 0 unspecified atom stereocenters. The van der Waals surface area contributed by atoms with Crippen LogP contribution in [0.5, 0.6) is 0 Å². The maximum atomic E-state index is 12.6.